The van der Waals surface area contributed by atoms with Gasteiger partial charge in [0.15, 0.2) is 0 Å². The highest BCUT2D eigenvalue weighted by Gasteiger charge is 2.32. The average Bonchev–Trinajstić information content (AvgIpc) is 3.41. The monoisotopic (exact) mass is 524 g/mol. The van der Waals surface area contributed by atoms with Crippen LogP contribution < -0.4 is 4.72 Å². The molecule has 2 amide bonds. The van der Waals surface area contributed by atoms with E-state index in [9.17, 15) is 18.0 Å². The van der Waals surface area contributed by atoms with E-state index in [2.05, 4.69) is 9.71 Å². The Morgan fingerprint density at radius 2 is 1.86 bits per heavy atom. The van der Waals surface area contributed by atoms with Gasteiger partial charge in [-0.2, -0.15) is 0 Å². The van der Waals surface area contributed by atoms with E-state index in [-0.39, 0.29) is 29.0 Å². The van der Waals surface area contributed by atoms with Crippen molar-refractivity contribution in [3.8, 4) is 0 Å². The van der Waals surface area contributed by atoms with Crippen molar-refractivity contribution in [1.82, 2.24) is 14.8 Å². The maximum atomic E-state index is 13.2. The molecule has 0 aliphatic carbocycles. The summed E-state index contributed by atoms with van der Waals surface area (Å²) in [7, 11) is -3.89. The molecule has 5 rings (SSSR count). The first-order chi connectivity index (χ1) is 17.8. The number of benzene rings is 2. The molecule has 0 bridgehead atoms. The third-order valence-electron chi connectivity index (χ3n) is 6.57. The standard InChI is InChI=1S/C26H28N4O6S/c1-18-16-29(26(32)36-22-11-15-35-17-22)13-14-30(18)25(31)20-7-9-21(10-8-20)28-37(33,34)23-6-2-4-19-5-3-12-27-24(19)23/h2-10,12,18,22,28H,11,13-17H2,1H3/t18-,22+/m1/s1. The van der Waals surface area contributed by atoms with Gasteiger partial charge in [-0.05, 0) is 43.3 Å². The molecule has 2 aromatic carbocycles. The summed E-state index contributed by atoms with van der Waals surface area (Å²) in [6.45, 7) is 4.02. The summed E-state index contributed by atoms with van der Waals surface area (Å²) in [5.74, 6) is -0.183. The van der Waals surface area contributed by atoms with E-state index < -0.39 is 10.0 Å². The zero-order chi connectivity index (χ0) is 26.0. The largest absolute Gasteiger partial charge is 0.444 e. The number of aromatic nitrogens is 1. The molecule has 3 heterocycles. The van der Waals surface area contributed by atoms with Crippen LogP contribution in [0.4, 0.5) is 10.5 Å². The van der Waals surface area contributed by atoms with Crippen molar-refractivity contribution >= 4 is 38.6 Å². The van der Waals surface area contributed by atoms with Crippen LogP contribution in [0.5, 0.6) is 0 Å². The number of pyridine rings is 1. The minimum absolute atomic E-state index is 0.0800. The van der Waals surface area contributed by atoms with Gasteiger partial charge in [-0.15, -0.1) is 0 Å². The molecule has 0 radical (unpaired) electrons. The summed E-state index contributed by atoms with van der Waals surface area (Å²) in [6.07, 6.45) is 1.66. The molecule has 2 atom stereocenters. The number of hydrogen-bond donors (Lipinski definition) is 1. The minimum Gasteiger partial charge on any atom is -0.444 e. The van der Waals surface area contributed by atoms with Crippen molar-refractivity contribution in [3.63, 3.8) is 0 Å². The van der Waals surface area contributed by atoms with E-state index in [1.54, 1.807) is 64.5 Å². The predicted molar refractivity (Wildman–Crippen MR) is 137 cm³/mol. The van der Waals surface area contributed by atoms with Gasteiger partial charge in [0, 0.05) is 54.9 Å². The molecule has 1 N–H and O–H groups in total. The zero-order valence-electron chi connectivity index (χ0n) is 20.4. The Balaban J connectivity index is 1.22. The zero-order valence-corrected chi connectivity index (χ0v) is 21.2. The van der Waals surface area contributed by atoms with Crippen LogP contribution >= 0.6 is 0 Å². The third-order valence-corrected chi connectivity index (χ3v) is 7.98. The highest BCUT2D eigenvalue weighted by Crippen LogP contribution is 2.24. The first kappa shape index (κ1) is 25.0. The molecule has 194 valence electrons. The first-order valence-corrected chi connectivity index (χ1v) is 13.6. The first-order valence-electron chi connectivity index (χ1n) is 12.1. The number of ether oxygens (including phenoxy) is 2. The van der Waals surface area contributed by atoms with Gasteiger partial charge in [-0.25, -0.2) is 13.2 Å². The highest BCUT2D eigenvalue weighted by molar-refractivity contribution is 7.93. The van der Waals surface area contributed by atoms with Crippen molar-refractivity contribution < 1.29 is 27.5 Å². The normalized spacial score (nSPS) is 20.1. The van der Waals surface area contributed by atoms with Gasteiger partial charge in [0.25, 0.3) is 15.9 Å². The number of piperazine rings is 1. The number of para-hydroxylation sites is 1. The molecule has 11 heteroatoms. The van der Waals surface area contributed by atoms with Crippen LogP contribution in [0.1, 0.15) is 23.7 Å². The smallest absolute Gasteiger partial charge is 0.410 e. The molecule has 2 aliphatic rings. The van der Waals surface area contributed by atoms with Crippen LogP contribution in [0.15, 0.2) is 65.7 Å². The molecule has 37 heavy (non-hydrogen) atoms. The van der Waals surface area contributed by atoms with E-state index in [1.807, 2.05) is 6.92 Å². The van der Waals surface area contributed by atoms with E-state index in [0.29, 0.717) is 56.0 Å². The van der Waals surface area contributed by atoms with Gasteiger partial charge >= 0.3 is 6.09 Å². The molecule has 2 fully saturated rings. The van der Waals surface area contributed by atoms with E-state index in [0.717, 1.165) is 5.39 Å². The molecule has 2 aliphatic heterocycles. The van der Waals surface area contributed by atoms with Crippen molar-refractivity contribution in [2.24, 2.45) is 0 Å². The molecule has 0 spiro atoms. The number of carbonyl (C=O) groups excluding carboxylic acids is 2. The van der Waals surface area contributed by atoms with Crippen LogP contribution in [-0.2, 0) is 19.5 Å². The molecule has 0 unspecified atom stereocenters. The maximum Gasteiger partial charge on any atom is 0.410 e. The fraction of sp³-hybridized carbons (Fsp3) is 0.346. The molecule has 10 nitrogen and oxygen atoms in total. The fourth-order valence-electron chi connectivity index (χ4n) is 4.60. The van der Waals surface area contributed by atoms with Gasteiger partial charge in [0.05, 0.1) is 18.7 Å². The average molecular weight is 525 g/mol. The van der Waals surface area contributed by atoms with Crippen LogP contribution in [0.2, 0.25) is 0 Å². The van der Waals surface area contributed by atoms with Crippen LogP contribution in [0.25, 0.3) is 10.9 Å². The van der Waals surface area contributed by atoms with E-state index in [1.165, 1.54) is 6.07 Å². The lowest BCUT2D eigenvalue weighted by atomic mass is 10.1. The number of fused-ring (bicyclic) bond motifs is 1. The third kappa shape index (κ3) is 5.37. The molecule has 0 saturated carbocycles. The lowest BCUT2D eigenvalue weighted by Crippen LogP contribution is -2.55. The summed E-state index contributed by atoms with van der Waals surface area (Å²) in [5, 5.41) is 0.723. The number of anilines is 1. The fourth-order valence-corrected chi connectivity index (χ4v) is 5.84. The number of sulfonamides is 1. The Bertz CT molecular complexity index is 1400. The van der Waals surface area contributed by atoms with Gasteiger partial charge in [0.2, 0.25) is 0 Å². The van der Waals surface area contributed by atoms with Crippen molar-refractivity contribution in [1.29, 1.82) is 0 Å². The second-order valence-electron chi connectivity index (χ2n) is 9.18. The number of rotatable bonds is 5. The van der Waals surface area contributed by atoms with Gasteiger partial charge in [-0.1, -0.05) is 18.2 Å². The summed E-state index contributed by atoms with van der Waals surface area (Å²) in [6, 6.07) is 14.6. The molecule has 1 aromatic heterocycles. The predicted octanol–water partition coefficient (Wildman–Crippen LogP) is 3.11. The Hall–Kier alpha value is -3.70. The number of amides is 2. The molecular formula is C26H28N4O6S. The van der Waals surface area contributed by atoms with Crippen molar-refractivity contribution in [2.75, 3.05) is 37.6 Å². The minimum atomic E-state index is -3.89. The van der Waals surface area contributed by atoms with E-state index >= 15 is 0 Å². The number of hydrogen-bond acceptors (Lipinski definition) is 7. The van der Waals surface area contributed by atoms with E-state index in [4.69, 9.17) is 9.47 Å². The topological polar surface area (TPSA) is 118 Å². The summed E-state index contributed by atoms with van der Waals surface area (Å²) >= 11 is 0. The van der Waals surface area contributed by atoms with Gasteiger partial charge < -0.3 is 19.3 Å². The number of nitrogens with one attached hydrogen (secondary N) is 1. The summed E-state index contributed by atoms with van der Waals surface area (Å²) < 4.78 is 39.4. The molecular weight excluding hydrogens is 496 g/mol. The Kier molecular flexibility index (Phi) is 6.98. The quantitative estimate of drug-likeness (QED) is 0.545. The highest BCUT2D eigenvalue weighted by atomic mass is 32.2. The maximum absolute atomic E-state index is 13.2. The number of carbonyl (C=O) groups is 2. The summed E-state index contributed by atoms with van der Waals surface area (Å²) in [4.78, 5) is 33.2. The van der Waals surface area contributed by atoms with Gasteiger partial charge in [0.1, 0.15) is 11.0 Å². The molecule has 3 aromatic rings. The van der Waals surface area contributed by atoms with Gasteiger partial charge in [-0.3, -0.25) is 14.5 Å². The van der Waals surface area contributed by atoms with Crippen LogP contribution in [0, 0.1) is 0 Å². The Labute approximate surface area is 215 Å². The van der Waals surface area contributed by atoms with Crippen LogP contribution in [0.3, 0.4) is 0 Å². The Morgan fingerprint density at radius 3 is 2.59 bits per heavy atom. The number of nitrogens with zero attached hydrogens (tertiary/aromatic N) is 3. The SMILES string of the molecule is C[C@@H]1CN(C(=O)O[C@H]2CCOC2)CCN1C(=O)c1ccc(NS(=O)(=O)c2cccc3cccnc23)cc1. The van der Waals surface area contributed by atoms with Crippen molar-refractivity contribution in [3.05, 3.63) is 66.4 Å². The Morgan fingerprint density at radius 1 is 1.08 bits per heavy atom. The lowest BCUT2D eigenvalue weighted by Gasteiger charge is -2.39. The lowest BCUT2D eigenvalue weighted by molar-refractivity contribution is 0.0258. The second-order valence-corrected chi connectivity index (χ2v) is 10.8. The second kappa shape index (κ2) is 10.3. The molecule has 2 saturated heterocycles. The van der Waals surface area contributed by atoms with Crippen LogP contribution in [-0.4, -0.2) is 80.2 Å². The van der Waals surface area contributed by atoms with Crippen molar-refractivity contribution in [2.45, 2.75) is 30.4 Å². The summed E-state index contributed by atoms with van der Waals surface area (Å²) in [5.41, 5.74) is 1.15.